The van der Waals surface area contributed by atoms with Crippen molar-refractivity contribution < 1.29 is 23.9 Å². The smallest absolute Gasteiger partial charge is 0.408 e. The lowest BCUT2D eigenvalue weighted by atomic mass is 9.91. The van der Waals surface area contributed by atoms with Crippen LogP contribution >= 0.6 is 0 Å². The van der Waals surface area contributed by atoms with Gasteiger partial charge in [0.15, 0.2) is 0 Å². The predicted molar refractivity (Wildman–Crippen MR) is 169 cm³/mol. The number of primary amides is 1. The summed E-state index contributed by atoms with van der Waals surface area (Å²) in [5, 5.41) is 7.66. The van der Waals surface area contributed by atoms with E-state index in [2.05, 4.69) is 10.6 Å². The van der Waals surface area contributed by atoms with Crippen LogP contribution in [0.25, 0.3) is 10.8 Å². The van der Waals surface area contributed by atoms with Crippen LogP contribution in [0.3, 0.4) is 0 Å². The molecule has 0 aliphatic carbocycles. The molecule has 0 saturated heterocycles. The Labute approximate surface area is 254 Å². The van der Waals surface area contributed by atoms with Crippen molar-refractivity contribution in [1.82, 2.24) is 10.2 Å². The molecule has 2 atom stereocenters. The molecule has 3 rings (SSSR count). The van der Waals surface area contributed by atoms with Crippen LogP contribution < -0.4 is 16.4 Å². The number of nitrogens with two attached hydrogens (primary N) is 1. The number of anilines is 1. The van der Waals surface area contributed by atoms with E-state index in [1.54, 1.807) is 20.8 Å². The van der Waals surface area contributed by atoms with Crippen LogP contribution in [0, 0.1) is 6.92 Å². The van der Waals surface area contributed by atoms with Gasteiger partial charge in [-0.2, -0.15) is 0 Å². The lowest BCUT2D eigenvalue weighted by Crippen LogP contribution is -2.59. The molecule has 9 heteroatoms. The van der Waals surface area contributed by atoms with Crippen LogP contribution in [0.15, 0.2) is 66.7 Å². The molecule has 0 spiro atoms. The van der Waals surface area contributed by atoms with Crippen molar-refractivity contribution in [2.45, 2.75) is 91.0 Å². The van der Waals surface area contributed by atoms with Gasteiger partial charge in [-0.1, -0.05) is 67.1 Å². The van der Waals surface area contributed by atoms with Gasteiger partial charge in [-0.3, -0.25) is 14.4 Å². The van der Waals surface area contributed by atoms with Crippen molar-refractivity contribution in [2.24, 2.45) is 5.73 Å². The van der Waals surface area contributed by atoms with E-state index < -0.39 is 47.0 Å². The number of benzene rings is 3. The Bertz CT molecular complexity index is 1480. The molecule has 0 aliphatic rings. The summed E-state index contributed by atoms with van der Waals surface area (Å²) in [5.41, 5.74) is 5.89. The molecule has 43 heavy (non-hydrogen) atoms. The number of ether oxygens (including phenoxy) is 1. The Balaban J connectivity index is 2.11. The average Bonchev–Trinajstić information content (AvgIpc) is 2.92. The Morgan fingerprint density at radius 2 is 1.58 bits per heavy atom. The molecular formula is C34H44N4O5. The normalized spacial score (nSPS) is 13.1. The highest BCUT2D eigenvalue weighted by atomic mass is 16.6. The zero-order valence-corrected chi connectivity index (χ0v) is 26.2. The van der Waals surface area contributed by atoms with Gasteiger partial charge in [0.05, 0.1) is 0 Å². The molecule has 0 radical (unpaired) electrons. The molecule has 9 nitrogen and oxygen atoms in total. The van der Waals surface area contributed by atoms with Gasteiger partial charge in [-0.15, -0.1) is 0 Å². The first kappa shape index (κ1) is 33.1. The topological polar surface area (TPSA) is 131 Å². The Morgan fingerprint density at radius 3 is 2.19 bits per heavy atom. The molecule has 4 amide bonds. The number of carbonyl (C=O) groups is 4. The number of carbonyl (C=O) groups excluding carboxylic acids is 4. The van der Waals surface area contributed by atoms with E-state index in [4.69, 9.17) is 10.5 Å². The zero-order valence-electron chi connectivity index (χ0n) is 26.2. The number of fused-ring (bicyclic) bond motifs is 1. The van der Waals surface area contributed by atoms with Gasteiger partial charge in [0.2, 0.25) is 11.8 Å². The minimum Gasteiger partial charge on any atom is -0.444 e. The quantitative estimate of drug-likeness (QED) is 0.253. The highest BCUT2D eigenvalue weighted by molar-refractivity contribution is 6.00. The summed E-state index contributed by atoms with van der Waals surface area (Å²) < 4.78 is 5.42. The SMILES string of the molecule is CCC(C)(C)N(C(=O)C(CCC(N)=O)NC(=O)OC(C)(C)C)C(C(=O)Nc1ccc2ccccc2c1)c1cccc(C)c1. The van der Waals surface area contributed by atoms with Crippen LogP contribution in [0.5, 0.6) is 0 Å². The third-order valence-corrected chi connectivity index (χ3v) is 7.30. The van der Waals surface area contributed by atoms with Crippen LogP contribution in [0.1, 0.15) is 78.0 Å². The molecule has 0 aliphatic heterocycles. The Kier molecular flexibility index (Phi) is 10.6. The first-order valence-corrected chi connectivity index (χ1v) is 14.6. The monoisotopic (exact) mass is 588 g/mol. The molecule has 0 aromatic heterocycles. The summed E-state index contributed by atoms with van der Waals surface area (Å²) in [6.45, 7) is 12.7. The Hall–Kier alpha value is -4.40. The van der Waals surface area contributed by atoms with Crippen molar-refractivity contribution in [3.63, 3.8) is 0 Å². The van der Waals surface area contributed by atoms with Gasteiger partial charge in [-0.25, -0.2) is 4.79 Å². The minimum atomic E-state index is -1.17. The molecule has 0 bridgehead atoms. The highest BCUT2D eigenvalue weighted by Crippen LogP contribution is 2.34. The molecule has 3 aromatic carbocycles. The van der Waals surface area contributed by atoms with E-state index in [0.717, 1.165) is 16.3 Å². The number of nitrogens with zero attached hydrogens (tertiary/aromatic N) is 1. The van der Waals surface area contributed by atoms with Crippen molar-refractivity contribution in [2.75, 3.05) is 5.32 Å². The second-order valence-corrected chi connectivity index (χ2v) is 12.4. The molecule has 3 aromatic rings. The van der Waals surface area contributed by atoms with Gasteiger partial charge in [0, 0.05) is 17.6 Å². The van der Waals surface area contributed by atoms with Crippen molar-refractivity contribution in [3.8, 4) is 0 Å². The Morgan fingerprint density at radius 1 is 0.907 bits per heavy atom. The van der Waals surface area contributed by atoms with Crippen LogP contribution in [0.4, 0.5) is 10.5 Å². The van der Waals surface area contributed by atoms with Gasteiger partial charge < -0.3 is 26.0 Å². The van der Waals surface area contributed by atoms with Crippen LogP contribution in [-0.2, 0) is 19.1 Å². The molecule has 230 valence electrons. The van der Waals surface area contributed by atoms with E-state index in [1.807, 2.05) is 94.4 Å². The highest BCUT2D eigenvalue weighted by Gasteiger charge is 2.43. The number of amides is 4. The van der Waals surface area contributed by atoms with Crippen LogP contribution in [-0.4, -0.2) is 45.9 Å². The summed E-state index contributed by atoms with van der Waals surface area (Å²) in [5.74, 6) is -1.56. The first-order valence-electron chi connectivity index (χ1n) is 14.6. The van der Waals surface area contributed by atoms with Gasteiger partial charge in [0.1, 0.15) is 17.7 Å². The van der Waals surface area contributed by atoms with Gasteiger partial charge in [0.25, 0.3) is 5.91 Å². The molecule has 0 heterocycles. The second-order valence-electron chi connectivity index (χ2n) is 12.4. The van der Waals surface area contributed by atoms with Crippen molar-refractivity contribution in [3.05, 3.63) is 77.9 Å². The number of hydrogen-bond donors (Lipinski definition) is 3. The van der Waals surface area contributed by atoms with E-state index in [1.165, 1.54) is 4.90 Å². The third kappa shape index (κ3) is 9.04. The van der Waals surface area contributed by atoms with Crippen molar-refractivity contribution >= 4 is 40.3 Å². The summed E-state index contributed by atoms with van der Waals surface area (Å²) in [6, 6.07) is 18.7. The third-order valence-electron chi connectivity index (χ3n) is 7.30. The summed E-state index contributed by atoms with van der Waals surface area (Å²) in [7, 11) is 0. The molecule has 4 N–H and O–H groups in total. The molecule has 0 fully saturated rings. The van der Waals surface area contributed by atoms with E-state index >= 15 is 0 Å². The van der Waals surface area contributed by atoms with E-state index in [0.29, 0.717) is 17.7 Å². The van der Waals surface area contributed by atoms with Crippen LogP contribution in [0.2, 0.25) is 0 Å². The second kappa shape index (κ2) is 13.7. The molecular weight excluding hydrogens is 544 g/mol. The fourth-order valence-corrected chi connectivity index (χ4v) is 4.84. The average molecular weight is 589 g/mol. The lowest BCUT2D eigenvalue weighted by Gasteiger charge is -2.44. The zero-order chi connectivity index (χ0) is 31.9. The molecule has 0 saturated carbocycles. The first-order chi connectivity index (χ1) is 20.1. The minimum absolute atomic E-state index is 0.0590. The van der Waals surface area contributed by atoms with Gasteiger partial charge >= 0.3 is 6.09 Å². The fourth-order valence-electron chi connectivity index (χ4n) is 4.84. The predicted octanol–water partition coefficient (Wildman–Crippen LogP) is 6.00. The fraction of sp³-hybridized carbons (Fsp3) is 0.412. The van der Waals surface area contributed by atoms with E-state index in [-0.39, 0.29) is 12.8 Å². The number of alkyl carbamates (subject to hydrolysis) is 1. The lowest BCUT2D eigenvalue weighted by molar-refractivity contribution is -0.148. The van der Waals surface area contributed by atoms with Gasteiger partial charge in [-0.05, 0) is 82.9 Å². The number of rotatable bonds is 11. The number of hydrogen-bond acceptors (Lipinski definition) is 5. The van der Waals surface area contributed by atoms with E-state index in [9.17, 15) is 19.2 Å². The maximum absolute atomic E-state index is 14.5. The largest absolute Gasteiger partial charge is 0.444 e. The van der Waals surface area contributed by atoms with Crippen molar-refractivity contribution in [1.29, 1.82) is 0 Å². The number of nitrogens with one attached hydrogen (secondary N) is 2. The summed E-state index contributed by atoms with van der Waals surface area (Å²) >= 11 is 0. The number of aryl methyl sites for hydroxylation is 1. The summed E-state index contributed by atoms with van der Waals surface area (Å²) in [6.07, 6.45) is -0.516. The summed E-state index contributed by atoms with van der Waals surface area (Å²) in [4.78, 5) is 54.9. The molecule has 2 unspecified atom stereocenters. The maximum Gasteiger partial charge on any atom is 0.408 e. The standard InChI is InChI=1S/C34H44N4O5/c1-8-34(6,7)38(31(41)27(18-19-28(35)39)37-32(42)43-33(3,4)5)29(25-15-11-12-22(2)20-25)30(40)36-26-17-16-23-13-9-10-14-24(23)21-26/h9-17,20-21,27,29H,8,18-19H2,1-7H3,(H2,35,39)(H,36,40)(H,37,42). The maximum atomic E-state index is 14.5.